The van der Waals surface area contributed by atoms with Gasteiger partial charge in [0.1, 0.15) is 12.0 Å². The molecule has 0 unspecified atom stereocenters. The highest BCUT2D eigenvalue weighted by Gasteiger charge is 2.43. The zero-order valence-electron chi connectivity index (χ0n) is 24.2. The minimum absolute atomic E-state index is 0.280. The Bertz CT molecular complexity index is 1690. The fourth-order valence-electron chi connectivity index (χ4n) is 6.99. The van der Waals surface area contributed by atoms with Crippen molar-refractivity contribution in [2.24, 2.45) is 5.41 Å². The number of benzene rings is 1. The molecule has 1 saturated carbocycles. The molecule has 3 fully saturated rings. The number of likely N-dealkylation sites (tertiary alicyclic amines) is 1. The maximum Gasteiger partial charge on any atom is 0.271 e. The molecule has 8 rings (SSSR count). The van der Waals surface area contributed by atoms with Gasteiger partial charge in [0.2, 0.25) is 0 Å². The van der Waals surface area contributed by atoms with E-state index in [0.29, 0.717) is 23.3 Å². The fourth-order valence-corrected chi connectivity index (χ4v) is 6.99. The third-order valence-electron chi connectivity index (χ3n) is 9.45. The molecule has 0 bridgehead atoms. The lowest BCUT2D eigenvalue weighted by atomic mass is 9.72. The van der Waals surface area contributed by atoms with Gasteiger partial charge in [-0.1, -0.05) is 12.1 Å². The lowest BCUT2D eigenvalue weighted by Gasteiger charge is -2.52. The van der Waals surface area contributed by atoms with Crippen LogP contribution in [0.2, 0.25) is 0 Å². The Morgan fingerprint density at radius 3 is 2.67 bits per heavy atom. The van der Waals surface area contributed by atoms with Crippen LogP contribution in [0.4, 0.5) is 21.6 Å². The molecule has 1 amide bonds. The molecule has 12 heteroatoms. The van der Waals surface area contributed by atoms with E-state index in [-0.39, 0.29) is 11.6 Å². The Morgan fingerprint density at radius 1 is 1.14 bits per heavy atom. The quantitative estimate of drug-likeness (QED) is 0.303. The van der Waals surface area contributed by atoms with E-state index in [1.165, 1.54) is 24.6 Å². The molecular formula is C31H35FN10O. The third kappa shape index (κ3) is 4.69. The molecule has 4 aromatic rings. The van der Waals surface area contributed by atoms with Gasteiger partial charge in [-0.3, -0.25) is 9.69 Å². The van der Waals surface area contributed by atoms with Crippen molar-refractivity contribution in [2.75, 3.05) is 50.0 Å². The molecule has 2 atom stereocenters. The topological polar surface area (TPSA) is 116 Å². The second kappa shape index (κ2) is 10.2. The van der Waals surface area contributed by atoms with E-state index in [2.05, 4.69) is 48.9 Å². The molecule has 11 nitrogen and oxygen atoms in total. The molecule has 1 aliphatic carbocycles. The van der Waals surface area contributed by atoms with Crippen molar-refractivity contribution < 1.29 is 9.18 Å². The van der Waals surface area contributed by atoms with E-state index in [9.17, 15) is 9.18 Å². The summed E-state index contributed by atoms with van der Waals surface area (Å²) in [6.07, 6.45) is 8.11. The number of rotatable bonds is 7. The SMILES string of the molecule is CNc1cc(N2CCc3c(-c4cnc(CN5CC6(CCNCC6)C5)nc4)cccc32)nn2c(C(=O)N[C@@H]3C[C@@H]3F)cnc12. The average Bonchev–Trinajstić information content (AvgIpc) is 3.36. The first-order valence-electron chi connectivity index (χ1n) is 15.2. The fraction of sp³-hybridized carbons (Fsp3) is 0.452. The molecule has 0 radical (unpaired) electrons. The van der Waals surface area contributed by atoms with Gasteiger partial charge < -0.3 is 20.9 Å². The summed E-state index contributed by atoms with van der Waals surface area (Å²) in [4.78, 5) is 31.4. The van der Waals surface area contributed by atoms with Crippen LogP contribution in [0.15, 0.2) is 42.9 Å². The van der Waals surface area contributed by atoms with E-state index in [0.717, 1.165) is 74.0 Å². The number of nitrogens with one attached hydrogen (secondary N) is 3. The molecular weight excluding hydrogens is 547 g/mol. The summed E-state index contributed by atoms with van der Waals surface area (Å²) in [6.45, 7) is 6.07. The molecule has 43 heavy (non-hydrogen) atoms. The summed E-state index contributed by atoms with van der Waals surface area (Å²) < 4.78 is 15.0. The number of alkyl halides is 1. The van der Waals surface area contributed by atoms with Crippen LogP contribution in [0.5, 0.6) is 0 Å². The summed E-state index contributed by atoms with van der Waals surface area (Å²) in [5, 5.41) is 14.2. The Morgan fingerprint density at radius 2 is 1.93 bits per heavy atom. The Kier molecular flexibility index (Phi) is 6.30. The number of amides is 1. The van der Waals surface area contributed by atoms with Crippen molar-refractivity contribution in [2.45, 2.75) is 44.4 Å². The second-order valence-corrected chi connectivity index (χ2v) is 12.4. The molecule has 4 aliphatic rings. The highest BCUT2D eigenvalue weighted by molar-refractivity contribution is 5.94. The largest absolute Gasteiger partial charge is 0.385 e. The van der Waals surface area contributed by atoms with Crippen LogP contribution < -0.4 is 20.9 Å². The maximum atomic E-state index is 13.4. The monoisotopic (exact) mass is 582 g/mol. The van der Waals surface area contributed by atoms with Crippen LogP contribution >= 0.6 is 0 Å². The molecule has 3 aliphatic heterocycles. The van der Waals surface area contributed by atoms with Crippen molar-refractivity contribution in [3.63, 3.8) is 0 Å². The van der Waals surface area contributed by atoms with Crippen molar-refractivity contribution >= 4 is 28.7 Å². The first kappa shape index (κ1) is 26.5. The highest BCUT2D eigenvalue weighted by atomic mass is 19.1. The predicted octanol–water partition coefficient (Wildman–Crippen LogP) is 2.95. The number of piperidine rings is 1. The minimum atomic E-state index is -0.983. The normalized spacial score (nSPS) is 22.4. The number of hydrogen-bond acceptors (Lipinski definition) is 9. The highest BCUT2D eigenvalue weighted by Crippen LogP contribution is 2.41. The van der Waals surface area contributed by atoms with Crippen molar-refractivity contribution in [3.8, 4) is 11.1 Å². The second-order valence-electron chi connectivity index (χ2n) is 12.4. The molecule has 2 saturated heterocycles. The van der Waals surface area contributed by atoms with Crippen LogP contribution in [0, 0.1) is 5.41 Å². The van der Waals surface area contributed by atoms with Crippen LogP contribution in [0.1, 0.15) is 41.1 Å². The Hall–Kier alpha value is -4.16. The van der Waals surface area contributed by atoms with Gasteiger partial charge in [-0.15, -0.1) is 5.10 Å². The average molecular weight is 583 g/mol. The maximum absolute atomic E-state index is 13.4. The van der Waals surface area contributed by atoms with Crippen LogP contribution in [-0.2, 0) is 13.0 Å². The number of anilines is 3. The van der Waals surface area contributed by atoms with Crippen LogP contribution in [0.3, 0.4) is 0 Å². The number of hydrogen-bond donors (Lipinski definition) is 3. The molecule has 1 aromatic carbocycles. The summed E-state index contributed by atoms with van der Waals surface area (Å²) in [5.41, 5.74) is 6.46. The van der Waals surface area contributed by atoms with Gasteiger partial charge in [-0.2, -0.15) is 0 Å². The summed E-state index contributed by atoms with van der Waals surface area (Å²) in [5.74, 6) is 1.18. The van der Waals surface area contributed by atoms with E-state index >= 15 is 0 Å². The standard InChI is InChI=1S/C31H35FN10O/c1-33-24-12-28(39-42-26(15-37-29(24)42)30(43)38-23-11-22(23)32)41-10-5-21-20(3-2-4-25(21)41)19-13-35-27(36-14-19)16-40-17-31(18-40)6-8-34-9-7-31/h2-4,12-15,22-23,33-34H,5-11,16-18H2,1H3,(H,38,43)/t22-,23+/m0/s1. The molecule has 3 aromatic heterocycles. The molecule has 1 spiro atoms. The first-order valence-corrected chi connectivity index (χ1v) is 15.2. The summed E-state index contributed by atoms with van der Waals surface area (Å²) in [6, 6.07) is 7.79. The lowest BCUT2D eigenvalue weighted by Crippen LogP contribution is -2.59. The number of nitrogens with zero attached hydrogens (tertiary/aromatic N) is 7. The molecule has 222 valence electrons. The van der Waals surface area contributed by atoms with E-state index in [4.69, 9.17) is 15.1 Å². The van der Waals surface area contributed by atoms with Gasteiger partial charge in [0.15, 0.2) is 17.2 Å². The van der Waals surface area contributed by atoms with Gasteiger partial charge in [-0.05, 0) is 55.0 Å². The summed E-state index contributed by atoms with van der Waals surface area (Å²) >= 11 is 0. The number of halogens is 1. The molecule has 3 N–H and O–H groups in total. The van der Waals surface area contributed by atoms with Crippen LogP contribution in [-0.4, -0.2) is 87.4 Å². The number of aromatic nitrogens is 5. The third-order valence-corrected chi connectivity index (χ3v) is 9.45. The first-order chi connectivity index (χ1) is 21.0. The van der Waals surface area contributed by atoms with Gasteiger partial charge in [0.25, 0.3) is 5.91 Å². The Labute approximate surface area is 248 Å². The number of imidazole rings is 1. The smallest absolute Gasteiger partial charge is 0.271 e. The van der Waals surface area contributed by atoms with Gasteiger partial charge in [-0.25, -0.2) is 23.9 Å². The Balaban J connectivity index is 1.03. The summed E-state index contributed by atoms with van der Waals surface area (Å²) in [7, 11) is 1.82. The van der Waals surface area contributed by atoms with Gasteiger partial charge in [0, 0.05) is 62.8 Å². The van der Waals surface area contributed by atoms with Crippen molar-refractivity contribution in [1.82, 2.24) is 40.1 Å². The zero-order chi connectivity index (χ0) is 29.1. The van der Waals surface area contributed by atoms with E-state index in [1.54, 1.807) is 4.52 Å². The number of fused-ring (bicyclic) bond motifs is 2. The van der Waals surface area contributed by atoms with Crippen LogP contribution in [0.25, 0.3) is 16.8 Å². The zero-order valence-corrected chi connectivity index (χ0v) is 24.2. The lowest BCUT2D eigenvalue weighted by molar-refractivity contribution is -0.0297. The van der Waals surface area contributed by atoms with Gasteiger partial charge in [0.05, 0.1) is 24.5 Å². The molecule has 6 heterocycles. The van der Waals surface area contributed by atoms with Crippen molar-refractivity contribution in [1.29, 1.82) is 0 Å². The number of carbonyl (C=O) groups excluding carboxylic acids is 1. The van der Waals surface area contributed by atoms with E-state index in [1.807, 2.05) is 25.5 Å². The minimum Gasteiger partial charge on any atom is -0.385 e. The van der Waals surface area contributed by atoms with E-state index < -0.39 is 12.2 Å². The number of carbonyl (C=O) groups is 1. The predicted molar refractivity (Wildman–Crippen MR) is 161 cm³/mol. The van der Waals surface area contributed by atoms with Gasteiger partial charge >= 0.3 is 0 Å². The van der Waals surface area contributed by atoms with Crippen molar-refractivity contribution in [3.05, 3.63) is 59.9 Å².